The molecule has 0 saturated carbocycles. The standard InChI is InChI=1S/C22H22N4O2/c27-20-14-16(21-7-4-12-28-21)13-19-18(20)15-23-22(24-19)26-10-8-25(9-11-26)17-5-2-1-3-6-17/h1-7,12,15-16H,8-11,13-14H2/t16-/m1/s1. The van der Waals surface area contributed by atoms with Gasteiger partial charge in [0.1, 0.15) is 5.76 Å². The molecule has 142 valence electrons. The lowest BCUT2D eigenvalue weighted by molar-refractivity contribution is 0.0958. The van der Waals surface area contributed by atoms with Crippen molar-refractivity contribution in [3.63, 3.8) is 0 Å². The van der Waals surface area contributed by atoms with Gasteiger partial charge in [0.15, 0.2) is 5.78 Å². The molecular formula is C22H22N4O2. The van der Waals surface area contributed by atoms with E-state index in [1.165, 1.54) is 5.69 Å². The zero-order valence-electron chi connectivity index (χ0n) is 15.6. The molecule has 1 saturated heterocycles. The third-order valence-electron chi connectivity index (χ3n) is 5.66. The van der Waals surface area contributed by atoms with Crippen LogP contribution in [0.1, 0.15) is 34.2 Å². The van der Waals surface area contributed by atoms with Crippen molar-refractivity contribution < 1.29 is 9.21 Å². The van der Waals surface area contributed by atoms with Gasteiger partial charge in [-0.05, 0) is 24.3 Å². The van der Waals surface area contributed by atoms with Crippen LogP contribution in [0.15, 0.2) is 59.3 Å². The van der Waals surface area contributed by atoms with Crippen LogP contribution in [0.2, 0.25) is 0 Å². The van der Waals surface area contributed by atoms with Crippen LogP contribution < -0.4 is 9.80 Å². The Balaban J connectivity index is 1.33. The number of fused-ring (bicyclic) bond motifs is 1. The Labute approximate surface area is 163 Å². The Kier molecular flexibility index (Phi) is 4.31. The Morgan fingerprint density at radius 2 is 1.71 bits per heavy atom. The fourth-order valence-corrected chi connectivity index (χ4v) is 4.12. The van der Waals surface area contributed by atoms with Crippen molar-refractivity contribution in [2.24, 2.45) is 0 Å². The molecular weight excluding hydrogens is 352 g/mol. The van der Waals surface area contributed by atoms with Gasteiger partial charge in [-0.25, -0.2) is 9.97 Å². The predicted molar refractivity (Wildman–Crippen MR) is 107 cm³/mol. The maximum atomic E-state index is 12.5. The van der Waals surface area contributed by atoms with Gasteiger partial charge in [0.25, 0.3) is 0 Å². The van der Waals surface area contributed by atoms with Crippen LogP contribution in [-0.2, 0) is 6.42 Å². The normalized spacial score (nSPS) is 19.6. The topological polar surface area (TPSA) is 62.5 Å². The number of anilines is 2. The van der Waals surface area contributed by atoms with E-state index in [-0.39, 0.29) is 11.7 Å². The number of carbonyl (C=O) groups is 1. The number of piperazine rings is 1. The van der Waals surface area contributed by atoms with Crippen LogP contribution >= 0.6 is 0 Å². The molecule has 1 fully saturated rings. The highest BCUT2D eigenvalue weighted by molar-refractivity contribution is 5.98. The van der Waals surface area contributed by atoms with Crippen molar-refractivity contribution in [3.05, 3.63) is 71.9 Å². The molecule has 6 nitrogen and oxygen atoms in total. The number of benzene rings is 1. The van der Waals surface area contributed by atoms with Crippen molar-refractivity contribution in [1.82, 2.24) is 9.97 Å². The minimum absolute atomic E-state index is 0.0627. The molecule has 6 heteroatoms. The van der Waals surface area contributed by atoms with Gasteiger partial charge in [-0.3, -0.25) is 4.79 Å². The summed E-state index contributed by atoms with van der Waals surface area (Å²) >= 11 is 0. The van der Waals surface area contributed by atoms with Gasteiger partial charge >= 0.3 is 0 Å². The number of Topliss-reactive ketones (excluding diaryl/α,β-unsaturated/α-hetero) is 1. The summed E-state index contributed by atoms with van der Waals surface area (Å²) in [6.07, 6.45) is 4.54. The molecule has 0 spiro atoms. The Morgan fingerprint density at radius 3 is 2.46 bits per heavy atom. The van der Waals surface area contributed by atoms with Crippen molar-refractivity contribution >= 4 is 17.4 Å². The van der Waals surface area contributed by atoms with Crippen LogP contribution in [0.25, 0.3) is 0 Å². The first-order valence-corrected chi connectivity index (χ1v) is 9.75. The van der Waals surface area contributed by atoms with Crippen LogP contribution in [-0.4, -0.2) is 41.9 Å². The van der Waals surface area contributed by atoms with Gasteiger partial charge in [-0.2, -0.15) is 0 Å². The average molecular weight is 374 g/mol. The SMILES string of the molecule is O=C1C[C@H](c2ccco2)Cc2nc(N3CCN(c4ccccc4)CC3)ncc21. The van der Waals surface area contributed by atoms with Crippen molar-refractivity contribution in [3.8, 4) is 0 Å². The third kappa shape index (κ3) is 3.15. The Hall–Kier alpha value is -3.15. The number of hydrogen-bond donors (Lipinski definition) is 0. The van der Waals surface area contributed by atoms with Gasteiger partial charge in [-0.1, -0.05) is 18.2 Å². The maximum absolute atomic E-state index is 12.5. The number of ketones is 1. The lowest BCUT2D eigenvalue weighted by Crippen LogP contribution is -2.47. The highest BCUT2D eigenvalue weighted by Crippen LogP contribution is 2.32. The highest BCUT2D eigenvalue weighted by Gasteiger charge is 2.30. The van der Waals surface area contributed by atoms with E-state index in [9.17, 15) is 4.79 Å². The summed E-state index contributed by atoms with van der Waals surface area (Å²) in [6.45, 7) is 3.59. The minimum atomic E-state index is 0.0627. The van der Waals surface area contributed by atoms with E-state index >= 15 is 0 Å². The van der Waals surface area contributed by atoms with Gasteiger partial charge in [-0.15, -0.1) is 0 Å². The quantitative estimate of drug-likeness (QED) is 0.701. The van der Waals surface area contributed by atoms with E-state index < -0.39 is 0 Å². The second kappa shape index (κ2) is 7.11. The number of furan rings is 1. The molecule has 0 amide bonds. The molecule has 1 atom stereocenters. The van der Waals surface area contributed by atoms with E-state index in [0.29, 0.717) is 18.4 Å². The summed E-state index contributed by atoms with van der Waals surface area (Å²) in [5.41, 5.74) is 2.75. The first kappa shape index (κ1) is 17.0. The van der Waals surface area contributed by atoms with Crippen molar-refractivity contribution in [1.29, 1.82) is 0 Å². The summed E-state index contributed by atoms with van der Waals surface area (Å²) in [6, 6.07) is 14.3. The zero-order chi connectivity index (χ0) is 18.9. The molecule has 0 radical (unpaired) electrons. The van der Waals surface area contributed by atoms with E-state index in [2.05, 4.69) is 39.0 Å². The molecule has 0 N–H and O–H groups in total. The summed E-state index contributed by atoms with van der Waals surface area (Å²) in [5.74, 6) is 1.74. The van der Waals surface area contributed by atoms with Crippen LogP contribution in [0, 0.1) is 0 Å². The van der Waals surface area contributed by atoms with Gasteiger partial charge < -0.3 is 14.2 Å². The van der Waals surface area contributed by atoms with Crippen LogP contribution in [0.5, 0.6) is 0 Å². The van der Waals surface area contributed by atoms with Crippen molar-refractivity contribution in [2.75, 3.05) is 36.0 Å². The first-order valence-electron chi connectivity index (χ1n) is 9.75. The fourth-order valence-electron chi connectivity index (χ4n) is 4.12. The fraction of sp³-hybridized carbons (Fsp3) is 0.318. The Morgan fingerprint density at radius 1 is 0.929 bits per heavy atom. The first-order chi connectivity index (χ1) is 13.8. The van der Waals surface area contributed by atoms with Crippen molar-refractivity contribution in [2.45, 2.75) is 18.8 Å². The third-order valence-corrected chi connectivity index (χ3v) is 5.66. The number of hydrogen-bond acceptors (Lipinski definition) is 6. The van der Waals surface area contributed by atoms with E-state index in [1.54, 1.807) is 12.5 Å². The van der Waals surface area contributed by atoms with E-state index in [0.717, 1.165) is 43.6 Å². The van der Waals surface area contributed by atoms with Gasteiger partial charge in [0.2, 0.25) is 5.95 Å². The minimum Gasteiger partial charge on any atom is -0.469 e. The smallest absolute Gasteiger partial charge is 0.225 e. The molecule has 2 aliphatic rings. The summed E-state index contributed by atoms with van der Waals surface area (Å²) in [4.78, 5) is 26.4. The number of aromatic nitrogens is 2. The van der Waals surface area contributed by atoms with Gasteiger partial charge in [0.05, 0.1) is 17.5 Å². The lowest BCUT2D eigenvalue weighted by Gasteiger charge is -2.36. The number of para-hydroxylation sites is 1. The molecule has 1 aromatic carbocycles. The predicted octanol–water partition coefficient (Wildman–Crippen LogP) is 3.31. The Bertz CT molecular complexity index is 963. The molecule has 0 unspecified atom stereocenters. The molecule has 0 bridgehead atoms. The molecule has 1 aliphatic carbocycles. The largest absolute Gasteiger partial charge is 0.469 e. The molecule has 5 rings (SSSR count). The number of nitrogens with zero attached hydrogens (tertiary/aromatic N) is 4. The molecule has 3 aromatic rings. The molecule has 2 aromatic heterocycles. The molecule has 3 heterocycles. The zero-order valence-corrected chi connectivity index (χ0v) is 15.6. The summed E-state index contributed by atoms with van der Waals surface area (Å²) in [7, 11) is 0. The number of rotatable bonds is 3. The van der Waals surface area contributed by atoms with Crippen LogP contribution in [0.3, 0.4) is 0 Å². The summed E-state index contributed by atoms with van der Waals surface area (Å²) in [5, 5.41) is 0. The second-order valence-corrected chi connectivity index (χ2v) is 7.38. The monoisotopic (exact) mass is 374 g/mol. The van der Waals surface area contributed by atoms with Gasteiger partial charge in [0, 0.05) is 56.8 Å². The number of carbonyl (C=O) groups excluding carboxylic acids is 1. The molecule has 1 aliphatic heterocycles. The lowest BCUT2D eigenvalue weighted by atomic mass is 9.85. The van der Waals surface area contributed by atoms with E-state index in [1.807, 2.05) is 18.2 Å². The summed E-state index contributed by atoms with van der Waals surface area (Å²) < 4.78 is 5.53. The maximum Gasteiger partial charge on any atom is 0.225 e. The molecule has 28 heavy (non-hydrogen) atoms. The highest BCUT2D eigenvalue weighted by atomic mass is 16.3. The average Bonchev–Trinajstić information content (AvgIpc) is 3.29. The second-order valence-electron chi connectivity index (χ2n) is 7.38. The van der Waals surface area contributed by atoms with E-state index in [4.69, 9.17) is 9.40 Å². The van der Waals surface area contributed by atoms with Crippen LogP contribution in [0.4, 0.5) is 11.6 Å².